The molecular formula is C15H26N4. The molecule has 4 nitrogen and oxygen atoms in total. The molecule has 1 N–H and O–H groups in total. The third kappa shape index (κ3) is 3.67. The number of piperazine rings is 1. The molecule has 1 saturated heterocycles. The Hall–Kier alpha value is -1.13. The van der Waals surface area contributed by atoms with Crippen LogP contribution in [0.25, 0.3) is 0 Å². The van der Waals surface area contributed by atoms with Gasteiger partial charge >= 0.3 is 0 Å². The number of hydrogen-bond donors (Lipinski definition) is 1. The highest BCUT2D eigenvalue weighted by molar-refractivity contribution is 5.47. The lowest BCUT2D eigenvalue weighted by Crippen LogP contribution is -2.50. The lowest BCUT2D eigenvalue weighted by atomic mass is 10.1. The maximum atomic E-state index is 4.61. The minimum absolute atomic E-state index is 0.590. The summed E-state index contributed by atoms with van der Waals surface area (Å²) in [7, 11) is 2.20. The Morgan fingerprint density at radius 2 is 2.26 bits per heavy atom. The van der Waals surface area contributed by atoms with E-state index in [2.05, 4.69) is 47.1 Å². The summed E-state index contributed by atoms with van der Waals surface area (Å²) in [4.78, 5) is 9.44. The SMILES string of the molecule is CCCNCc1cccnc1N1CCN(C)C(C)C1. The quantitative estimate of drug-likeness (QED) is 0.819. The number of anilines is 1. The lowest BCUT2D eigenvalue weighted by molar-refractivity contribution is 0.233. The third-order valence-corrected chi connectivity index (χ3v) is 3.87. The summed E-state index contributed by atoms with van der Waals surface area (Å²) in [6, 6.07) is 4.81. The van der Waals surface area contributed by atoms with Crippen molar-refractivity contribution in [3.8, 4) is 0 Å². The summed E-state index contributed by atoms with van der Waals surface area (Å²) < 4.78 is 0. The van der Waals surface area contributed by atoms with Crippen molar-refractivity contribution in [1.29, 1.82) is 0 Å². The van der Waals surface area contributed by atoms with Crippen molar-refractivity contribution < 1.29 is 0 Å². The van der Waals surface area contributed by atoms with E-state index in [4.69, 9.17) is 0 Å². The van der Waals surface area contributed by atoms with Crippen molar-refractivity contribution in [2.75, 3.05) is 38.1 Å². The Balaban J connectivity index is 2.06. The summed E-state index contributed by atoms with van der Waals surface area (Å²) in [5.74, 6) is 1.16. The second-order valence-electron chi connectivity index (χ2n) is 5.44. The van der Waals surface area contributed by atoms with Gasteiger partial charge in [-0.1, -0.05) is 13.0 Å². The van der Waals surface area contributed by atoms with Gasteiger partial charge in [-0.2, -0.15) is 0 Å². The fourth-order valence-electron chi connectivity index (χ4n) is 2.49. The molecule has 0 amide bonds. The van der Waals surface area contributed by atoms with Gasteiger partial charge in [0, 0.05) is 44.0 Å². The van der Waals surface area contributed by atoms with E-state index in [-0.39, 0.29) is 0 Å². The van der Waals surface area contributed by atoms with Crippen LogP contribution in [-0.2, 0) is 6.54 Å². The van der Waals surface area contributed by atoms with Crippen LogP contribution >= 0.6 is 0 Å². The van der Waals surface area contributed by atoms with Crippen LogP contribution in [0.5, 0.6) is 0 Å². The predicted octanol–water partition coefficient (Wildman–Crippen LogP) is 1.72. The molecule has 1 fully saturated rings. The molecule has 0 bridgehead atoms. The molecule has 1 unspecified atom stereocenters. The monoisotopic (exact) mass is 262 g/mol. The van der Waals surface area contributed by atoms with E-state index in [0.717, 1.165) is 38.5 Å². The molecule has 0 spiro atoms. The molecule has 106 valence electrons. The van der Waals surface area contributed by atoms with E-state index in [9.17, 15) is 0 Å². The van der Waals surface area contributed by atoms with Crippen molar-refractivity contribution in [2.24, 2.45) is 0 Å². The van der Waals surface area contributed by atoms with Gasteiger partial charge in [-0.05, 0) is 33.0 Å². The number of likely N-dealkylation sites (N-methyl/N-ethyl adjacent to an activating group) is 1. The summed E-state index contributed by atoms with van der Waals surface area (Å²) in [5, 5.41) is 3.47. The highest BCUT2D eigenvalue weighted by Crippen LogP contribution is 2.20. The normalized spacial score (nSPS) is 20.8. The van der Waals surface area contributed by atoms with Crippen molar-refractivity contribution in [3.05, 3.63) is 23.9 Å². The van der Waals surface area contributed by atoms with E-state index in [0.29, 0.717) is 6.04 Å². The van der Waals surface area contributed by atoms with Gasteiger partial charge in [0.25, 0.3) is 0 Å². The zero-order valence-corrected chi connectivity index (χ0v) is 12.4. The van der Waals surface area contributed by atoms with Crippen LogP contribution in [0.1, 0.15) is 25.8 Å². The van der Waals surface area contributed by atoms with Gasteiger partial charge in [-0.15, -0.1) is 0 Å². The van der Waals surface area contributed by atoms with Gasteiger partial charge in [0.15, 0.2) is 0 Å². The Kier molecular flexibility index (Phi) is 5.16. The fourth-order valence-corrected chi connectivity index (χ4v) is 2.49. The van der Waals surface area contributed by atoms with E-state index in [1.165, 1.54) is 12.0 Å². The van der Waals surface area contributed by atoms with Crippen molar-refractivity contribution >= 4 is 5.82 Å². The van der Waals surface area contributed by atoms with Gasteiger partial charge in [0.2, 0.25) is 0 Å². The molecule has 1 aromatic rings. The first-order valence-electron chi connectivity index (χ1n) is 7.32. The number of nitrogens with zero attached hydrogens (tertiary/aromatic N) is 3. The van der Waals surface area contributed by atoms with E-state index in [1.54, 1.807) is 0 Å². The number of nitrogens with one attached hydrogen (secondary N) is 1. The van der Waals surface area contributed by atoms with Crippen molar-refractivity contribution in [1.82, 2.24) is 15.2 Å². The second-order valence-corrected chi connectivity index (χ2v) is 5.44. The van der Waals surface area contributed by atoms with Crippen LogP contribution in [0, 0.1) is 0 Å². The number of pyridine rings is 1. The zero-order chi connectivity index (χ0) is 13.7. The van der Waals surface area contributed by atoms with Crippen LogP contribution in [0.3, 0.4) is 0 Å². The lowest BCUT2D eigenvalue weighted by Gasteiger charge is -2.39. The Bertz CT molecular complexity index is 393. The largest absolute Gasteiger partial charge is 0.354 e. The standard InChI is InChI=1S/C15H26N4/c1-4-7-16-11-14-6-5-8-17-15(14)19-10-9-18(3)13(2)12-19/h5-6,8,13,16H,4,7,9-12H2,1-3H3. The highest BCUT2D eigenvalue weighted by atomic mass is 15.3. The second kappa shape index (κ2) is 6.87. The van der Waals surface area contributed by atoms with Crippen molar-refractivity contribution in [2.45, 2.75) is 32.9 Å². The maximum absolute atomic E-state index is 4.61. The van der Waals surface area contributed by atoms with E-state index < -0.39 is 0 Å². The Morgan fingerprint density at radius 3 is 3.00 bits per heavy atom. The highest BCUT2D eigenvalue weighted by Gasteiger charge is 2.22. The molecule has 1 atom stereocenters. The molecular weight excluding hydrogens is 236 g/mol. The van der Waals surface area contributed by atoms with Crippen molar-refractivity contribution in [3.63, 3.8) is 0 Å². The van der Waals surface area contributed by atoms with E-state index in [1.807, 2.05) is 12.3 Å². The average Bonchev–Trinajstić information content (AvgIpc) is 2.43. The summed E-state index contributed by atoms with van der Waals surface area (Å²) in [6.45, 7) is 9.70. The maximum Gasteiger partial charge on any atom is 0.133 e. The topological polar surface area (TPSA) is 31.4 Å². The molecule has 0 aromatic carbocycles. The van der Waals surface area contributed by atoms with Crippen LogP contribution in [0.15, 0.2) is 18.3 Å². The third-order valence-electron chi connectivity index (χ3n) is 3.87. The summed E-state index contributed by atoms with van der Waals surface area (Å²) >= 11 is 0. The molecule has 2 rings (SSSR count). The first-order chi connectivity index (χ1) is 9.22. The predicted molar refractivity (Wildman–Crippen MR) is 80.5 cm³/mol. The molecule has 0 aliphatic carbocycles. The smallest absolute Gasteiger partial charge is 0.133 e. The number of rotatable bonds is 5. The molecule has 0 radical (unpaired) electrons. The number of aromatic nitrogens is 1. The Labute approximate surface area is 116 Å². The molecule has 1 aromatic heterocycles. The first kappa shape index (κ1) is 14.3. The minimum atomic E-state index is 0.590. The average molecular weight is 262 g/mol. The first-order valence-corrected chi connectivity index (χ1v) is 7.32. The molecule has 2 heterocycles. The summed E-state index contributed by atoms with van der Waals surface area (Å²) in [5.41, 5.74) is 1.31. The fraction of sp³-hybridized carbons (Fsp3) is 0.667. The van der Waals surface area contributed by atoms with Gasteiger partial charge in [0.05, 0.1) is 0 Å². The molecule has 1 aliphatic rings. The van der Waals surface area contributed by atoms with Crippen LogP contribution < -0.4 is 10.2 Å². The molecule has 0 saturated carbocycles. The molecule has 19 heavy (non-hydrogen) atoms. The van der Waals surface area contributed by atoms with Crippen LogP contribution in [-0.4, -0.2) is 49.2 Å². The van der Waals surface area contributed by atoms with Gasteiger partial charge < -0.3 is 15.1 Å². The Morgan fingerprint density at radius 1 is 1.42 bits per heavy atom. The molecule has 4 heteroatoms. The molecule has 1 aliphatic heterocycles. The van der Waals surface area contributed by atoms with Crippen LogP contribution in [0.2, 0.25) is 0 Å². The summed E-state index contributed by atoms with van der Waals surface area (Å²) in [6.07, 6.45) is 3.07. The van der Waals surface area contributed by atoms with Gasteiger partial charge in [0.1, 0.15) is 5.82 Å². The minimum Gasteiger partial charge on any atom is -0.354 e. The zero-order valence-electron chi connectivity index (χ0n) is 12.4. The van der Waals surface area contributed by atoms with E-state index >= 15 is 0 Å². The van der Waals surface area contributed by atoms with Crippen LogP contribution in [0.4, 0.5) is 5.82 Å². The van der Waals surface area contributed by atoms with Gasteiger partial charge in [-0.25, -0.2) is 4.98 Å². The van der Waals surface area contributed by atoms with Gasteiger partial charge in [-0.3, -0.25) is 0 Å². The number of hydrogen-bond acceptors (Lipinski definition) is 4.